The molecule has 0 spiro atoms. The van der Waals surface area contributed by atoms with Crippen molar-refractivity contribution in [3.8, 4) is 0 Å². The molecule has 2 aromatic heterocycles. The van der Waals surface area contributed by atoms with E-state index in [1.165, 1.54) is 0 Å². The van der Waals surface area contributed by atoms with Gasteiger partial charge >= 0.3 is 0 Å². The van der Waals surface area contributed by atoms with Crippen molar-refractivity contribution in [2.75, 3.05) is 42.9 Å². The second-order valence-electron chi connectivity index (χ2n) is 9.18. The van der Waals surface area contributed by atoms with Gasteiger partial charge < -0.3 is 10.2 Å². The van der Waals surface area contributed by atoms with E-state index in [1.54, 1.807) is 10.9 Å². The van der Waals surface area contributed by atoms with Crippen LogP contribution in [0.2, 0.25) is 0 Å². The fourth-order valence-electron chi connectivity index (χ4n) is 4.01. The predicted octanol–water partition coefficient (Wildman–Crippen LogP) is 2.20. The van der Waals surface area contributed by atoms with E-state index in [0.717, 1.165) is 17.7 Å². The zero-order valence-electron chi connectivity index (χ0n) is 19.2. The van der Waals surface area contributed by atoms with Crippen LogP contribution < -0.4 is 15.8 Å². The van der Waals surface area contributed by atoms with Gasteiger partial charge in [0.2, 0.25) is 11.9 Å². The first-order valence-electron chi connectivity index (χ1n) is 11.1. The molecule has 0 bridgehead atoms. The molecule has 2 N–H and O–H groups in total. The van der Waals surface area contributed by atoms with Crippen LogP contribution in [0.15, 0.2) is 35.3 Å². The summed E-state index contributed by atoms with van der Waals surface area (Å²) >= 11 is 0. The number of H-pyrrole nitrogens is 1. The number of anilines is 2. The van der Waals surface area contributed by atoms with Crippen LogP contribution in [0.5, 0.6) is 0 Å². The number of carbonyl (C=O) groups excluding carboxylic acids is 1. The number of aromatic nitrogens is 4. The molecule has 170 valence electrons. The minimum atomic E-state index is -0.276. The number of benzene rings is 1. The van der Waals surface area contributed by atoms with E-state index in [9.17, 15) is 9.59 Å². The normalized spacial score (nSPS) is 15.3. The minimum absolute atomic E-state index is 0.0126. The lowest BCUT2D eigenvalue weighted by Crippen LogP contribution is -2.49. The lowest BCUT2D eigenvalue weighted by Gasteiger charge is -2.34. The molecule has 32 heavy (non-hydrogen) atoms. The molecule has 1 aromatic carbocycles. The Labute approximate surface area is 187 Å². The van der Waals surface area contributed by atoms with Gasteiger partial charge in [0.1, 0.15) is 5.39 Å². The van der Waals surface area contributed by atoms with Gasteiger partial charge in [0.05, 0.1) is 18.3 Å². The molecule has 3 heterocycles. The summed E-state index contributed by atoms with van der Waals surface area (Å²) < 4.78 is 1.79. The Morgan fingerprint density at radius 2 is 1.88 bits per heavy atom. The second-order valence-corrected chi connectivity index (χ2v) is 9.18. The van der Waals surface area contributed by atoms with E-state index < -0.39 is 0 Å². The van der Waals surface area contributed by atoms with Crippen LogP contribution in [0.3, 0.4) is 0 Å². The summed E-state index contributed by atoms with van der Waals surface area (Å²) in [7, 11) is 0. The second kappa shape index (κ2) is 8.74. The van der Waals surface area contributed by atoms with Crippen LogP contribution in [-0.4, -0.2) is 63.3 Å². The van der Waals surface area contributed by atoms with E-state index >= 15 is 0 Å². The number of fused-ring (bicyclic) bond motifs is 1. The molecule has 1 fully saturated rings. The van der Waals surface area contributed by atoms with E-state index in [4.69, 9.17) is 4.98 Å². The van der Waals surface area contributed by atoms with Gasteiger partial charge in [0.25, 0.3) is 5.56 Å². The van der Waals surface area contributed by atoms with Crippen molar-refractivity contribution in [2.24, 2.45) is 0 Å². The standard InChI is InChI=1S/C23H31N7O2/c1-5-16-8-6-7-9-18(16)25-19(31)15-28-10-12-29(13-11-28)22-26-20-17(21(32)27-22)14-24-30(20)23(2,3)4/h6-9,14H,5,10-13,15H2,1-4H3,(H,25,31)(H,26,27,32). The van der Waals surface area contributed by atoms with E-state index in [1.807, 2.05) is 45.0 Å². The number of nitrogens with one attached hydrogen (secondary N) is 2. The number of piperazine rings is 1. The van der Waals surface area contributed by atoms with E-state index in [2.05, 4.69) is 32.1 Å². The molecule has 3 aromatic rings. The van der Waals surface area contributed by atoms with Crippen LogP contribution in [0.1, 0.15) is 33.3 Å². The highest BCUT2D eigenvalue weighted by molar-refractivity contribution is 5.93. The van der Waals surface area contributed by atoms with Gasteiger partial charge in [-0.3, -0.25) is 19.5 Å². The maximum absolute atomic E-state index is 12.6. The quantitative estimate of drug-likeness (QED) is 0.635. The molecule has 0 unspecified atom stereocenters. The Kier molecular flexibility index (Phi) is 6.01. The van der Waals surface area contributed by atoms with E-state index in [0.29, 0.717) is 49.7 Å². The number of amides is 1. The Balaban J connectivity index is 1.41. The van der Waals surface area contributed by atoms with Crippen molar-refractivity contribution >= 4 is 28.6 Å². The third-order valence-electron chi connectivity index (χ3n) is 5.77. The number of aryl methyl sites for hydroxylation is 1. The SMILES string of the molecule is CCc1ccccc1NC(=O)CN1CCN(c2nc3c(cnn3C(C)(C)C)c(=O)[nH]2)CC1. The van der Waals surface area contributed by atoms with Gasteiger partial charge in [-0.05, 0) is 38.8 Å². The molecule has 1 amide bonds. The number of hydrogen-bond acceptors (Lipinski definition) is 6. The molecule has 1 saturated heterocycles. The van der Waals surface area contributed by atoms with Gasteiger partial charge in [-0.25, -0.2) is 4.68 Å². The van der Waals surface area contributed by atoms with Crippen LogP contribution >= 0.6 is 0 Å². The molecule has 1 aliphatic rings. The summed E-state index contributed by atoms with van der Waals surface area (Å²) in [5, 5.41) is 7.89. The summed E-state index contributed by atoms with van der Waals surface area (Å²) in [6.07, 6.45) is 2.45. The van der Waals surface area contributed by atoms with Crippen molar-refractivity contribution < 1.29 is 4.79 Å². The van der Waals surface area contributed by atoms with Crippen LogP contribution in [0, 0.1) is 0 Å². The van der Waals surface area contributed by atoms with Gasteiger partial charge in [-0.2, -0.15) is 10.1 Å². The molecule has 1 aliphatic heterocycles. The Morgan fingerprint density at radius 1 is 1.16 bits per heavy atom. The molecule has 0 radical (unpaired) electrons. The zero-order chi connectivity index (χ0) is 22.9. The van der Waals surface area contributed by atoms with Gasteiger partial charge in [0.15, 0.2) is 5.65 Å². The number of para-hydroxylation sites is 1. The zero-order valence-corrected chi connectivity index (χ0v) is 19.2. The smallest absolute Gasteiger partial charge is 0.263 e. The molecule has 9 nitrogen and oxygen atoms in total. The van der Waals surface area contributed by atoms with Gasteiger partial charge in [-0.1, -0.05) is 25.1 Å². The number of hydrogen-bond donors (Lipinski definition) is 2. The summed E-state index contributed by atoms with van der Waals surface area (Å²) in [6, 6.07) is 7.89. The van der Waals surface area contributed by atoms with E-state index in [-0.39, 0.29) is 17.0 Å². The average molecular weight is 438 g/mol. The highest BCUT2D eigenvalue weighted by Crippen LogP contribution is 2.20. The first-order chi connectivity index (χ1) is 15.3. The van der Waals surface area contributed by atoms with Crippen LogP contribution in [0.25, 0.3) is 11.0 Å². The first-order valence-corrected chi connectivity index (χ1v) is 11.1. The minimum Gasteiger partial charge on any atom is -0.340 e. The molecule has 0 saturated carbocycles. The largest absolute Gasteiger partial charge is 0.340 e. The van der Waals surface area contributed by atoms with Crippen molar-refractivity contribution in [3.63, 3.8) is 0 Å². The lowest BCUT2D eigenvalue weighted by atomic mass is 10.1. The van der Waals surface area contributed by atoms with Crippen molar-refractivity contribution in [1.29, 1.82) is 0 Å². The highest BCUT2D eigenvalue weighted by Gasteiger charge is 2.24. The summed E-state index contributed by atoms with van der Waals surface area (Å²) in [4.78, 5) is 36.9. The van der Waals surface area contributed by atoms with Crippen molar-refractivity contribution in [3.05, 3.63) is 46.4 Å². The predicted molar refractivity (Wildman–Crippen MR) is 126 cm³/mol. The number of rotatable bonds is 5. The summed E-state index contributed by atoms with van der Waals surface area (Å²) in [6.45, 7) is 11.3. The third-order valence-corrected chi connectivity index (χ3v) is 5.77. The Hall–Kier alpha value is -3.20. The van der Waals surface area contributed by atoms with Gasteiger partial charge in [0, 0.05) is 31.9 Å². The van der Waals surface area contributed by atoms with Crippen molar-refractivity contribution in [2.45, 2.75) is 39.7 Å². The molecular weight excluding hydrogens is 406 g/mol. The molecular formula is C23H31N7O2. The van der Waals surface area contributed by atoms with Gasteiger partial charge in [-0.15, -0.1) is 0 Å². The lowest BCUT2D eigenvalue weighted by molar-refractivity contribution is -0.117. The third kappa shape index (κ3) is 4.52. The molecule has 0 aliphatic carbocycles. The Morgan fingerprint density at radius 3 is 2.56 bits per heavy atom. The summed E-state index contributed by atoms with van der Waals surface area (Å²) in [5.41, 5.74) is 2.14. The number of carbonyl (C=O) groups is 1. The maximum atomic E-state index is 12.6. The van der Waals surface area contributed by atoms with Crippen molar-refractivity contribution in [1.82, 2.24) is 24.6 Å². The number of nitrogens with zero attached hydrogens (tertiary/aromatic N) is 5. The topological polar surface area (TPSA) is 99.2 Å². The average Bonchev–Trinajstić information content (AvgIpc) is 3.20. The monoisotopic (exact) mass is 437 g/mol. The van der Waals surface area contributed by atoms with Crippen LogP contribution in [0.4, 0.5) is 11.6 Å². The molecule has 9 heteroatoms. The fourth-order valence-corrected chi connectivity index (χ4v) is 4.01. The Bertz CT molecular complexity index is 1170. The maximum Gasteiger partial charge on any atom is 0.263 e. The fraction of sp³-hybridized carbons (Fsp3) is 0.478. The van der Waals surface area contributed by atoms with Crippen LogP contribution in [-0.2, 0) is 16.8 Å². The first kappa shape index (κ1) is 22.0. The number of aromatic amines is 1. The highest BCUT2D eigenvalue weighted by atomic mass is 16.2. The summed E-state index contributed by atoms with van der Waals surface area (Å²) in [5.74, 6) is 0.538. The molecule has 0 atom stereocenters. The molecule has 4 rings (SSSR count).